The molecule has 0 aliphatic heterocycles. The van der Waals surface area contributed by atoms with E-state index in [2.05, 4.69) is 15.0 Å². The maximum atomic E-state index is 12.2. The Kier molecular flexibility index (Phi) is 3.81. The fraction of sp³-hybridized carbons (Fsp3) is 0.200. The normalized spacial score (nSPS) is 14.4. The van der Waals surface area contributed by atoms with E-state index >= 15 is 0 Å². The number of pyridine rings is 1. The van der Waals surface area contributed by atoms with Gasteiger partial charge in [0.15, 0.2) is 0 Å². The lowest BCUT2D eigenvalue weighted by Crippen LogP contribution is -2.15. The van der Waals surface area contributed by atoms with E-state index < -0.39 is 10.0 Å². The molecule has 0 bridgehead atoms. The summed E-state index contributed by atoms with van der Waals surface area (Å²) in [6.45, 7) is 0. The number of hydrogen-bond donors (Lipinski definition) is 2. The van der Waals surface area contributed by atoms with Crippen LogP contribution in [0.3, 0.4) is 0 Å². The van der Waals surface area contributed by atoms with Gasteiger partial charge in [-0.05, 0) is 49.2 Å². The van der Waals surface area contributed by atoms with Crippen LogP contribution in [0.15, 0.2) is 53.6 Å². The van der Waals surface area contributed by atoms with Crippen molar-refractivity contribution in [3.63, 3.8) is 0 Å². The zero-order chi connectivity index (χ0) is 15.6. The minimum absolute atomic E-state index is 0.0118. The van der Waals surface area contributed by atoms with E-state index in [1.54, 1.807) is 30.3 Å². The van der Waals surface area contributed by atoms with E-state index in [0.717, 1.165) is 12.8 Å². The summed E-state index contributed by atoms with van der Waals surface area (Å²) >= 11 is 0. The maximum absolute atomic E-state index is 12.2. The molecule has 0 saturated heterocycles. The molecule has 2 N–H and O–H groups in total. The number of rotatable bonds is 5. The molecule has 0 radical (unpaired) electrons. The summed E-state index contributed by atoms with van der Waals surface area (Å²) in [5.41, 5.74) is 0.591. The number of sulfonamides is 1. The van der Waals surface area contributed by atoms with Crippen molar-refractivity contribution in [3.8, 4) is 0 Å². The van der Waals surface area contributed by atoms with Crippen molar-refractivity contribution >= 4 is 27.4 Å². The molecule has 1 heterocycles. The molecule has 114 valence electrons. The van der Waals surface area contributed by atoms with Crippen LogP contribution in [0, 0.1) is 5.92 Å². The summed E-state index contributed by atoms with van der Waals surface area (Å²) in [7, 11) is -3.69. The highest BCUT2D eigenvalue weighted by Crippen LogP contribution is 2.30. The van der Waals surface area contributed by atoms with Crippen molar-refractivity contribution in [3.05, 3.63) is 48.7 Å². The van der Waals surface area contributed by atoms with Crippen LogP contribution in [0.1, 0.15) is 12.8 Å². The lowest BCUT2D eigenvalue weighted by molar-refractivity contribution is -0.117. The number of hydrogen-bond acceptors (Lipinski definition) is 4. The summed E-state index contributed by atoms with van der Waals surface area (Å²) in [5, 5.41) is 2.77. The largest absolute Gasteiger partial charge is 0.326 e. The van der Waals surface area contributed by atoms with Crippen molar-refractivity contribution in [2.75, 3.05) is 10.0 Å². The van der Waals surface area contributed by atoms with E-state index in [-0.39, 0.29) is 22.5 Å². The number of benzene rings is 1. The molecule has 0 spiro atoms. The molecule has 0 unspecified atom stereocenters. The van der Waals surface area contributed by atoms with Crippen molar-refractivity contribution in [1.29, 1.82) is 0 Å². The van der Waals surface area contributed by atoms with Crippen molar-refractivity contribution < 1.29 is 13.2 Å². The Morgan fingerprint density at radius 3 is 2.41 bits per heavy atom. The van der Waals surface area contributed by atoms with E-state index in [1.807, 2.05) is 0 Å². The van der Waals surface area contributed by atoms with Crippen LogP contribution in [-0.2, 0) is 14.8 Å². The highest BCUT2D eigenvalue weighted by molar-refractivity contribution is 7.92. The molecule has 1 saturated carbocycles. The predicted octanol–water partition coefficient (Wildman–Crippen LogP) is 2.23. The Labute approximate surface area is 128 Å². The van der Waals surface area contributed by atoms with Gasteiger partial charge >= 0.3 is 0 Å². The molecule has 1 aromatic carbocycles. The number of amides is 1. The Bertz CT molecular complexity index is 769. The number of carbonyl (C=O) groups excluding carboxylic acids is 1. The first kappa shape index (κ1) is 14.5. The van der Waals surface area contributed by atoms with Gasteiger partial charge in [-0.25, -0.2) is 13.4 Å². The predicted molar refractivity (Wildman–Crippen MR) is 82.8 cm³/mol. The van der Waals surface area contributed by atoms with Gasteiger partial charge in [-0.2, -0.15) is 0 Å². The Morgan fingerprint density at radius 1 is 1.09 bits per heavy atom. The van der Waals surface area contributed by atoms with Crippen LogP contribution < -0.4 is 10.0 Å². The fourth-order valence-corrected chi connectivity index (χ4v) is 2.94. The molecule has 1 aromatic heterocycles. The molecule has 0 atom stereocenters. The number of nitrogens with zero attached hydrogens (tertiary/aromatic N) is 1. The molecular formula is C15H15N3O3S. The second-order valence-electron chi connectivity index (χ2n) is 5.11. The third-order valence-electron chi connectivity index (χ3n) is 3.28. The molecule has 22 heavy (non-hydrogen) atoms. The molecule has 6 nitrogen and oxygen atoms in total. The molecular weight excluding hydrogens is 302 g/mol. The van der Waals surface area contributed by atoms with Crippen LogP contribution in [0.25, 0.3) is 0 Å². The number of anilines is 2. The first-order valence-corrected chi connectivity index (χ1v) is 8.38. The average molecular weight is 317 g/mol. The van der Waals surface area contributed by atoms with Crippen molar-refractivity contribution in [2.45, 2.75) is 17.7 Å². The molecule has 1 fully saturated rings. The summed E-state index contributed by atoms with van der Waals surface area (Å²) in [4.78, 5) is 15.7. The van der Waals surface area contributed by atoms with Gasteiger partial charge in [0.1, 0.15) is 5.82 Å². The topological polar surface area (TPSA) is 88.2 Å². The second-order valence-corrected chi connectivity index (χ2v) is 6.79. The smallest absolute Gasteiger partial charge is 0.263 e. The van der Waals surface area contributed by atoms with E-state index in [1.165, 1.54) is 18.3 Å². The van der Waals surface area contributed by atoms with Crippen LogP contribution in [-0.4, -0.2) is 19.3 Å². The number of carbonyl (C=O) groups is 1. The van der Waals surface area contributed by atoms with Gasteiger partial charge in [0.05, 0.1) is 4.90 Å². The zero-order valence-corrected chi connectivity index (χ0v) is 12.5. The zero-order valence-electron chi connectivity index (χ0n) is 11.7. The third kappa shape index (κ3) is 3.43. The lowest BCUT2D eigenvalue weighted by atomic mass is 10.3. The Hall–Kier alpha value is -2.41. The molecule has 3 rings (SSSR count). The summed E-state index contributed by atoms with van der Waals surface area (Å²) in [5.74, 6) is 0.352. The van der Waals surface area contributed by atoms with E-state index in [9.17, 15) is 13.2 Å². The van der Waals surface area contributed by atoms with Crippen molar-refractivity contribution in [2.24, 2.45) is 5.92 Å². The lowest BCUT2D eigenvalue weighted by Gasteiger charge is -2.08. The van der Waals surface area contributed by atoms with Gasteiger partial charge in [-0.15, -0.1) is 0 Å². The van der Waals surface area contributed by atoms with Gasteiger partial charge in [-0.1, -0.05) is 6.07 Å². The van der Waals surface area contributed by atoms with Gasteiger partial charge in [-0.3, -0.25) is 9.52 Å². The van der Waals surface area contributed by atoms with Crippen LogP contribution in [0.4, 0.5) is 11.5 Å². The average Bonchev–Trinajstić information content (AvgIpc) is 3.33. The monoisotopic (exact) mass is 317 g/mol. The minimum atomic E-state index is -3.69. The first-order chi connectivity index (χ1) is 10.5. The quantitative estimate of drug-likeness (QED) is 0.885. The molecule has 2 aromatic rings. The number of nitrogens with one attached hydrogen (secondary N) is 2. The molecule has 1 amide bonds. The standard InChI is InChI=1S/C15H15N3O3S/c19-15(11-4-5-11)17-12-6-8-13(9-7-12)22(20,21)18-14-3-1-2-10-16-14/h1-3,6-11H,4-5H2,(H,16,18)(H,17,19). The maximum Gasteiger partial charge on any atom is 0.263 e. The highest BCUT2D eigenvalue weighted by Gasteiger charge is 2.29. The first-order valence-electron chi connectivity index (χ1n) is 6.89. The van der Waals surface area contributed by atoms with Crippen LogP contribution >= 0.6 is 0 Å². The third-order valence-corrected chi connectivity index (χ3v) is 4.65. The van der Waals surface area contributed by atoms with Gasteiger partial charge in [0.2, 0.25) is 5.91 Å². The summed E-state index contributed by atoms with van der Waals surface area (Å²) in [6, 6.07) is 11.0. The van der Waals surface area contributed by atoms with Gasteiger partial charge in [0, 0.05) is 17.8 Å². The molecule has 1 aliphatic rings. The van der Waals surface area contributed by atoms with Gasteiger partial charge in [0.25, 0.3) is 10.0 Å². The Balaban J connectivity index is 1.72. The van der Waals surface area contributed by atoms with Gasteiger partial charge < -0.3 is 5.32 Å². The summed E-state index contributed by atoms with van der Waals surface area (Å²) < 4.78 is 26.8. The second kappa shape index (κ2) is 5.76. The van der Waals surface area contributed by atoms with Crippen molar-refractivity contribution in [1.82, 2.24) is 4.98 Å². The molecule has 7 heteroatoms. The van der Waals surface area contributed by atoms with E-state index in [4.69, 9.17) is 0 Å². The highest BCUT2D eigenvalue weighted by atomic mass is 32.2. The van der Waals surface area contributed by atoms with Crippen LogP contribution in [0.2, 0.25) is 0 Å². The van der Waals surface area contributed by atoms with E-state index in [0.29, 0.717) is 5.69 Å². The SMILES string of the molecule is O=C(Nc1ccc(S(=O)(=O)Nc2ccccn2)cc1)C1CC1. The summed E-state index contributed by atoms with van der Waals surface area (Å²) in [6.07, 6.45) is 3.35. The minimum Gasteiger partial charge on any atom is -0.326 e. The molecule has 1 aliphatic carbocycles. The Morgan fingerprint density at radius 2 is 1.82 bits per heavy atom. The number of aromatic nitrogens is 1. The van der Waals surface area contributed by atoms with Crippen LogP contribution in [0.5, 0.6) is 0 Å². The fourth-order valence-electron chi connectivity index (χ4n) is 1.93.